The summed E-state index contributed by atoms with van der Waals surface area (Å²) in [6, 6.07) is 2.21. The van der Waals surface area contributed by atoms with Crippen molar-refractivity contribution in [1.29, 1.82) is 5.26 Å². The van der Waals surface area contributed by atoms with Crippen LogP contribution in [0.4, 0.5) is 0 Å². The molecule has 0 aromatic rings. The summed E-state index contributed by atoms with van der Waals surface area (Å²) >= 11 is 0. The van der Waals surface area contributed by atoms with Gasteiger partial charge in [0, 0.05) is 24.6 Å². The SMILES string of the molecule is C/C=C(\C#N)C1CN(C)C1. The molecule has 0 aliphatic carbocycles. The van der Waals surface area contributed by atoms with Crippen molar-refractivity contribution in [1.82, 2.24) is 4.90 Å². The van der Waals surface area contributed by atoms with Crippen molar-refractivity contribution in [2.45, 2.75) is 6.92 Å². The molecule has 54 valence electrons. The third-order valence-electron chi connectivity index (χ3n) is 1.94. The highest BCUT2D eigenvalue weighted by Crippen LogP contribution is 2.20. The van der Waals surface area contributed by atoms with Crippen LogP contribution in [0.25, 0.3) is 0 Å². The van der Waals surface area contributed by atoms with E-state index in [2.05, 4.69) is 18.0 Å². The molecule has 2 heteroatoms. The summed E-state index contributed by atoms with van der Waals surface area (Å²) < 4.78 is 0. The summed E-state index contributed by atoms with van der Waals surface area (Å²) in [7, 11) is 2.07. The molecule has 0 spiro atoms. The van der Waals surface area contributed by atoms with Gasteiger partial charge in [-0.05, 0) is 14.0 Å². The zero-order chi connectivity index (χ0) is 7.56. The highest BCUT2D eigenvalue weighted by molar-refractivity contribution is 5.25. The Morgan fingerprint density at radius 3 is 2.60 bits per heavy atom. The highest BCUT2D eigenvalue weighted by atomic mass is 15.2. The number of hydrogen-bond donors (Lipinski definition) is 0. The molecule has 1 heterocycles. The Hall–Kier alpha value is -0.810. The molecule has 0 radical (unpaired) electrons. The Morgan fingerprint density at radius 1 is 1.70 bits per heavy atom. The minimum atomic E-state index is 0.514. The average Bonchev–Trinajstić information content (AvgIpc) is 1.87. The molecule has 0 bridgehead atoms. The number of likely N-dealkylation sites (tertiary alicyclic amines) is 1. The van der Waals surface area contributed by atoms with Crippen LogP contribution in [0.1, 0.15) is 6.92 Å². The number of rotatable bonds is 1. The van der Waals surface area contributed by atoms with E-state index in [4.69, 9.17) is 5.26 Å². The lowest BCUT2D eigenvalue weighted by atomic mass is 9.92. The van der Waals surface area contributed by atoms with Crippen LogP contribution in [0.5, 0.6) is 0 Å². The van der Waals surface area contributed by atoms with Crippen LogP contribution in [0.2, 0.25) is 0 Å². The Morgan fingerprint density at radius 2 is 2.30 bits per heavy atom. The lowest BCUT2D eigenvalue weighted by Gasteiger charge is -2.35. The fourth-order valence-corrected chi connectivity index (χ4v) is 1.29. The lowest BCUT2D eigenvalue weighted by molar-refractivity contribution is 0.164. The van der Waals surface area contributed by atoms with Gasteiger partial charge in [0.25, 0.3) is 0 Å². The van der Waals surface area contributed by atoms with Gasteiger partial charge in [0.05, 0.1) is 6.07 Å². The normalized spacial score (nSPS) is 21.9. The van der Waals surface area contributed by atoms with E-state index in [1.54, 1.807) is 0 Å². The minimum Gasteiger partial charge on any atom is -0.305 e. The van der Waals surface area contributed by atoms with Crippen molar-refractivity contribution in [3.63, 3.8) is 0 Å². The molecule has 1 saturated heterocycles. The second kappa shape index (κ2) is 2.85. The van der Waals surface area contributed by atoms with Crippen LogP contribution in [0, 0.1) is 17.2 Å². The molecule has 1 fully saturated rings. The Bertz CT molecular complexity index is 182. The molecule has 1 aliphatic heterocycles. The molecule has 0 N–H and O–H groups in total. The highest BCUT2D eigenvalue weighted by Gasteiger charge is 2.25. The molecule has 0 unspecified atom stereocenters. The summed E-state index contributed by atoms with van der Waals surface area (Å²) in [5, 5.41) is 8.61. The van der Waals surface area contributed by atoms with Gasteiger partial charge in [-0.25, -0.2) is 0 Å². The number of nitrogens with zero attached hydrogens (tertiary/aromatic N) is 2. The first kappa shape index (κ1) is 7.30. The van der Waals surface area contributed by atoms with E-state index in [0.29, 0.717) is 5.92 Å². The second-order valence-corrected chi connectivity index (χ2v) is 2.77. The summed E-state index contributed by atoms with van der Waals surface area (Å²) in [4.78, 5) is 2.21. The predicted octanol–water partition coefficient (Wildman–Crippen LogP) is 1.02. The average molecular weight is 136 g/mol. The number of hydrogen-bond acceptors (Lipinski definition) is 2. The van der Waals surface area contributed by atoms with Gasteiger partial charge in [-0.3, -0.25) is 0 Å². The lowest BCUT2D eigenvalue weighted by Crippen LogP contribution is -2.44. The van der Waals surface area contributed by atoms with Crippen LogP contribution in [-0.4, -0.2) is 25.0 Å². The third kappa shape index (κ3) is 1.19. The maximum atomic E-state index is 8.61. The summed E-state index contributed by atoms with van der Waals surface area (Å²) in [5.74, 6) is 0.514. The first-order chi connectivity index (χ1) is 4.77. The molecule has 1 rings (SSSR count). The molecule has 0 aromatic carbocycles. The van der Waals surface area contributed by atoms with Gasteiger partial charge < -0.3 is 4.90 Å². The van der Waals surface area contributed by atoms with E-state index >= 15 is 0 Å². The van der Waals surface area contributed by atoms with Crippen LogP contribution >= 0.6 is 0 Å². The van der Waals surface area contributed by atoms with E-state index in [0.717, 1.165) is 18.7 Å². The van der Waals surface area contributed by atoms with Crippen molar-refractivity contribution in [2.24, 2.45) is 5.92 Å². The van der Waals surface area contributed by atoms with Gasteiger partial charge in [0.2, 0.25) is 0 Å². The van der Waals surface area contributed by atoms with E-state index in [1.165, 1.54) is 0 Å². The summed E-state index contributed by atoms with van der Waals surface area (Å²) in [5.41, 5.74) is 0.943. The van der Waals surface area contributed by atoms with E-state index in [1.807, 2.05) is 13.0 Å². The Balaban J connectivity index is 2.45. The van der Waals surface area contributed by atoms with Crippen LogP contribution < -0.4 is 0 Å². The van der Waals surface area contributed by atoms with Crippen LogP contribution in [0.3, 0.4) is 0 Å². The Labute approximate surface area is 61.8 Å². The molecule has 10 heavy (non-hydrogen) atoms. The fourth-order valence-electron chi connectivity index (χ4n) is 1.29. The van der Waals surface area contributed by atoms with Crippen molar-refractivity contribution < 1.29 is 0 Å². The minimum absolute atomic E-state index is 0.514. The largest absolute Gasteiger partial charge is 0.305 e. The predicted molar refractivity (Wildman–Crippen MR) is 40.4 cm³/mol. The standard InChI is InChI=1S/C8H12N2/c1-3-7(4-9)8-5-10(2)6-8/h3,8H,5-6H2,1-2H3/b7-3+. The van der Waals surface area contributed by atoms with E-state index in [-0.39, 0.29) is 0 Å². The van der Waals surface area contributed by atoms with Crippen molar-refractivity contribution in [3.05, 3.63) is 11.6 Å². The van der Waals surface area contributed by atoms with Gasteiger partial charge in [-0.1, -0.05) is 6.08 Å². The maximum absolute atomic E-state index is 8.61. The van der Waals surface area contributed by atoms with Gasteiger partial charge in [-0.15, -0.1) is 0 Å². The number of allylic oxidation sites excluding steroid dienone is 1. The maximum Gasteiger partial charge on any atom is 0.0947 e. The molecule has 0 atom stereocenters. The fraction of sp³-hybridized carbons (Fsp3) is 0.625. The zero-order valence-electron chi connectivity index (χ0n) is 6.46. The van der Waals surface area contributed by atoms with Gasteiger partial charge in [-0.2, -0.15) is 5.26 Å². The molecule has 1 aliphatic rings. The van der Waals surface area contributed by atoms with Crippen molar-refractivity contribution in [2.75, 3.05) is 20.1 Å². The molecular formula is C8H12N2. The van der Waals surface area contributed by atoms with Crippen LogP contribution in [0.15, 0.2) is 11.6 Å². The van der Waals surface area contributed by atoms with Gasteiger partial charge >= 0.3 is 0 Å². The monoisotopic (exact) mass is 136 g/mol. The summed E-state index contributed by atoms with van der Waals surface area (Å²) in [6.45, 7) is 4.03. The quantitative estimate of drug-likeness (QED) is 0.503. The topological polar surface area (TPSA) is 27.0 Å². The van der Waals surface area contributed by atoms with Crippen molar-refractivity contribution in [3.8, 4) is 6.07 Å². The van der Waals surface area contributed by atoms with Gasteiger partial charge in [0.15, 0.2) is 0 Å². The molecule has 0 amide bonds. The van der Waals surface area contributed by atoms with Crippen molar-refractivity contribution >= 4 is 0 Å². The van der Waals surface area contributed by atoms with E-state index < -0.39 is 0 Å². The first-order valence-corrected chi connectivity index (χ1v) is 3.52. The zero-order valence-corrected chi connectivity index (χ0v) is 6.46. The smallest absolute Gasteiger partial charge is 0.0947 e. The third-order valence-corrected chi connectivity index (χ3v) is 1.94. The Kier molecular flexibility index (Phi) is 2.08. The second-order valence-electron chi connectivity index (χ2n) is 2.77. The molecule has 0 aromatic heterocycles. The summed E-state index contributed by atoms with van der Waals surface area (Å²) in [6.07, 6.45) is 1.91. The van der Waals surface area contributed by atoms with Crippen LogP contribution in [-0.2, 0) is 0 Å². The number of nitriles is 1. The van der Waals surface area contributed by atoms with Gasteiger partial charge in [0.1, 0.15) is 0 Å². The molecular weight excluding hydrogens is 124 g/mol. The molecule has 0 saturated carbocycles. The first-order valence-electron chi connectivity index (χ1n) is 3.52. The molecule has 2 nitrogen and oxygen atoms in total. The van der Waals surface area contributed by atoms with E-state index in [9.17, 15) is 0 Å².